The molecule has 0 bridgehead atoms. The van der Waals surface area contributed by atoms with Crippen LogP contribution in [0, 0.1) is 5.92 Å². The lowest BCUT2D eigenvalue weighted by Crippen LogP contribution is -2.27. The summed E-state index contributed by atoms with van der Waals surface area (Å²) in [4.78, 5) is 4.87. The first-order chi connectivity index (χ1) is 5.84. The summed E-state index contributed by atoms with van der Waals surface area (Å²) in [5.41, 5.74) is 0. The van der Waals surface area contributed by atoms with Gasteiger partial charge < -0.3 is 0 Å². The Bertz CT molecular complexity index is 196. The van der Waals surface area contributed by atoms with Crippen LogP contribution >= 0.6 is 0 Å². The van der Waals surface area contributed by atoms with Crippen LogP contribution in [0.25, 0.3) is 0 Å². The van der Waals surface area contributed by atoms with Crippen LogP contribution in [0.4, 0.5) is 0 Å². The highest BCUT2D eigenvalue weighted by Crippen LogP contribution is 2.12. The molecule has 0 aromatic rings. The Morgan fingerprint density at radius 2 is 2.00 bits per heavy atom. The second-order valence-corrected chi connectivity index (χ2v) is 3.73. The number of allylic oxidation sites excluding steroid dienone is 2. The van der Waals surface area contributed by atoms with E-state index in [9.17, 15) is 0 Å². The first-order valence-electron chi connectivity index (χ1n) is 4.60. The predicted octanol–water partition coefficient (Wildman–Crippen LogP) is 0.933. The van der Waals surface area contributed by atoms with Gasteiger partial charge in [0.1, 0.15) is 0 Å². The van der Waals surface area contributed by atoms with E-state index in [1.54, 1.807) is 0 Å². The normalized spacial score (nSPS) is 26.1. The van der Waals surface area contributed by atoms with Crippen molar-refractivity contribution in [2.75, 3.05) is 33.4 Å². The fourth-order valence-electron chi connectivity index (χ4n) is 1.84. The van der Waals surface area contributed by atoms with E-state index in [0.717, 1.165) is 6.67 Å². The van der Waals surface area contributed by atoms with Gasteiger partial charge >= 0.3 is 0 Å². The van der Waals surface area contributed by atoms with E-state index in [1.807, 2.05) is 0 Å². The molecule has 1 aliphatic carbocycles. The molecule has 0 unspecified atom stereocenters. The van der Waals surface area contributed by atoms with E-state index in [0.29, 0.717) is 5.92 Å². The molecule has 66 valence electrons. The molecule has 0 atom stereocenters. The van der Waals surface area contributed by atoms with Gasteiger partial charge in [-0.05, 0) is 7.05 Å². The third kappa shape index (κ3) is 1.76. The molecule has 0 amide bonds. The van der Waals surface area contributed by atoms with Crippen molar-refractivity contribution < 1.29 is 0 Å². The number of nitrogens with zero attached hydrogens (tertiary/aromatic N) is 2. The van der Waals surface area contributed by atoms with Gasteiger partial charge in [-0.25, -0.2) is 0 Å². The van der Waals surface area contributed by atoms with Crippen molar-refractivity contribution in [1.82, 2.24) is 9.80 Å². The van der Waals surface area contributed by atoms with Gasteiger partial charge in [0.2, 0.25) is 0 Å². The maximum absolute atomic E-state index is 2.50. The van der Waals surface area contributed by atoms with E-state index in [1.165, 1.54) is 19.6 Å². The zero-order valence-electron chi connectivity index (χ0n) is 7.61. The maximum Gasteiger partial charge on any atom is 0.0504 e. The summed E-state index contributed by atoms with van der Waals surface area (Å²) in [6, 6.07) is 0. The maximum atomic E-state index is 2.50. The van der Waals surface area contributed by atoms with Gasteiger partial charge in [-0.2, -0.15) is 0 Å². The Morgan fingerprint density at radius 3 is 2.58 bits per heavy atom. The molecule has 0 radical (unpaired) electrons. The molecule has 0 N–H and O–H groups in total. The van der Waals surface area contributed by atoms with E-state index in [-0.39, 0.29) is 0 Å². The lowest BCUT2D eigenvalue weighted by atomic mass is 10.1. The summed E-state index contributed by atoms with van der Waals surface area (Å²) < 4.78 is 0. The quantitative estimate of drug-likeness (QED) is 0.599. The van der Waals surface area contributed by atoms with Gasteiger partial charge in [0.15, 0.2) is 0 Å². The summed E-state index contributed by atoms with van der Waals surface area (Å²) in [6.07, 6.45) is 8.84. The molecule has 0 aromatic carbocycles. The lowest BCUT2D eigenvalue weighted by Gasteiger charge is -2.17. The zero-order chi connectivity index (χ0) is 8.39. The van der Waals surface area contributed by atoms with Crippen molar-refractivity contribution in [3.8, 4) is 0 Å². The van der Waals surface area contributed by atoms with Crippen molar-refractivity contribution in [3.63, 3.8) is 0 Å². The topological polar surface area (TPSA) is 6.48 Å². The van der Waals surface area contributed by atoms with Crippen LogP contribution in [0.3, 0.4) is 0 Å². The SMILES string of the molecule is CN1CCN(CC2C=CC=C2)C1. The second-order valence-electron chi connectivity index (χ2n) is 3.73. The molecule has 1 saturated heterocycles. The van der Waals surface area contributed by atoms with Crippen LogP contribution in [0.5, 0.6) is 0 Å². The number of likely N-dealkylation sites (N-methyl/N-ethyl adjacent to an activating group) is 1. The third-order valence-electron chi connectivity index (χ3n) is 2.54. The molecular weight excluding hydrogens is 148 g/mol. The fourth-order valence-corrected chi connectivity index (χ4v) is 1.84. The zero-order valence-corrected chi connectivity index (χ0v) is 7.61. The minimum atomic E-state index is 0.663. The Morgan fingerprint density at radius 1 is 1.25 bits per heavy atom. The predicted molar refractivity (Wildman–Crippen MR) is 50.8 cm³/mol. The lowest BCUT2D eigenvalue weighted by molar-refractivity contribution is 0.265. The van der Waals surface area contributed by atoms with Crippen LogP contribution in [-0.2, 0) is 0 Å². The van der Waals surface area contributed by atoms with Crippen LogP contribution in [-0.4, -0.2) is 43.2 Å². The van der Waals surface area contributed by atoms with Gasteiger partial charge in [-0.3, -0.25) is 9.80 Å². The van der Waals surface area contributed by atoms with Gasteiger partial charge in [-0.1, -0.05) is 24.3 Å². The minimum absolute atomic E-state index is 0.663. The Kier molecular flexibility index (Phi) is 2.28. The monoisotopic (exact) mass is 164 g/mol. The molecule has 0 spiro atoms. The number of rotatable bonds is 2. The first-order valence-corrected chi connectivity index (χ1v) is 4.60. The largest absolute Gasteiger partial charge is 0.292 e. The van der Waals surface area contributed by atoms with Gasteiger partial charge in [0.05, 0.1) is 6.67 Å². The summed E-state index contributed by atoms with van der Waals surface area (Å²) in [6.45, 7) is 4.78. The second kappa shape index (κ2) is 3.42. The van der Waals surface area contributed by atoms with Crippen molar-refractivity contribution >= 4 is 0 Å². The molecule has 1 aliphatic heterocycles. The molecule has 2 rings (SSSR count). The van der Waals surface area contributed by atoms with Crippen molar-refractivity contribution in [3.05, 3.63) is 24.3 Å². The number of hydrogen-bond donors (Lipinski definition) is 0. The van der Waals surface area contributed by atoms with E-state index in [4.69, 9.17) is 0 Å². The van der Waals surface area contributed by atoms with Crippen molar-refractivity contribution in [2.24, 2.45) is 5.92 Å². The molecule has 2 aliphatic rings. The average molecular weight is 164 g/mol. The Balaban J connectivity index is 1.80. The van der Waals surface area contributed by atoms with Crippen molar-refractivity contribution in [2.45, 2.75) is 0 Å². The highest BCUT2D eigenvalue weighted by atomic mass is 15.4. The highest BCUT2D eigenvalue weighted by Gasteiger charge is 2.18. The molecule has 12 heavy (non-hydrogen) atoms. The summed E-state index contributed by atoms with van der Waals surface area (Å²) >= 11 is 0. The van der Waals surface area contributed by atoms with Crippen LogP contribution in [0.15, 0.2) is 24.3 Å². The molecule has 0 aromatic heterocycles. The van der Waals surface area contributed by atoms with Gasteiger partial charge in [0, 0.05) is 25.6 Å². The molecule has 0 saturated carbocycles. The van der Waals surface area contributed by atoms with E-state index in [2.05, 4.69) is 41.2 Å². The van der Waals surface area contributed by atoms with Gasteiger partial charge in [0.25, 0.3) is 0 Å². The molecule has 1 fully saturated rings. The Labute approximate surface area is 74.2 Å². The summed E-state index contributed by atoms with van der Waals surface area (Å²) in [5, 5.41) is 0. The van der Waals surface area contributed by atoms with Crippen molar-refractivity contribution in [1.29, 1.82) is 0 Å². The molecule has 2 nitrogen and oxygen atoms in total. The fraction of sp³-hybridized carbons (Fsp3) is 0.600. The van der Waals surface area contributed by atoms with Crippen LogP contribution in [0.2, 0.25) is 0 Å². The Hall–Kier alpha value is -0.600. The third-order valence-corrected chi connectivity index (χ3v) is 2.54. The van der Waals surface area contributed by atoms with Crippen LogP contribution < -0.4 is 0 Å². The summed E-state index contributed by atoms with van der Waals surface area (Å²) in [5.74, 6) is 0.663. The van der Waals surface area contributed by atoms with Crippen LogP contribution in [0.1, 0.15) is 0 Å². The standard InChI is InChI=1S/C10H16N2/c1-11-6-7-12(9-11)8-10-4-2-3-5-10/h2-5,10H,6-9H2,1H3. The van der Waals surface area contributed by atoms with E-state index >= 15 is 0 Å². The average Bonchev–Trinajstić information content (AvgIpc) is 2.63. The smallest absolute Gasteiger partial charge is 0.0504 e. The van der Waals surface area contributed by atoms with E-state index < -0.39 is 0 Å². The number of hydrogen-bond acceptors (Lipinski definition) is 2. The minimum Gasteiger partial charge on any atom is -0.292 e. The molecule has 2 heteroatoms. The molecule has 1 heterocycles. The first kappa shape index (κ1) is 8.02. The highest BCUT2D eigenvalue weighted by molar-refractivity contribution is 5.17. The molecular formula is C10H16N2. The summed E-state index contributed by atoms with van der Waals surface area (Å²) in [7, 11) is 2.18. The van der Waals surface area contributed by atoms with Gasteiger partial charge in [-0.15, -0.1) is 0 Å².